The molecule has 0 aliphatic rings. The number of pyridine rings is 1. The molecule has 2 amide bonds. The van der Waals surface area contributed by atoms with Crippen LogP contribution >= 0.6 is 0 Å². The van der Waals surface area contributed by atoms with Gasteiger partial charge in [0.25, 0.3) is 0 Å². The van der Waals surface area contributed by atoms with Crippen LogP contribution in [-0.2, 0) is 11.4 Å². The highest BCUT2D eigenvalue weighted by Gasteiger charge is 2.26. The molecule has 0 saturated heterocycles. The maximum Gasteiger partial charge on any atom is 0.422 e. The number of nitrogens with zero attached hydrogens (tertiary/aromatic N) is 3. The Labute approximate surface area is 124 Å². The molecule has 8 nitrogen and oxygen atoms in total. The van der Waals surface area contributed by atoms with Crippen molar-refractivity contribution in [2.75, 3.05) is 4.90 Å². The summed E-state index contributed by atoms with van der Waals surface area (Å²) in [5.74, 6) is -0.277. The molecule has 114 valence electrons. The van der Waals surface area contributed by atoms with Crippen LogP contribution in [0.3, 0.4) is 0 Å². The molecular weight excluding hydrogens is 298 g/mol. The number of hydrogen-bond donors (Lipinski definition) is 2. The van der Waals surface area contributed by atoms with E-state index in [-0.39, 0.29) is 16.4 Å². The highest BCUT2D eigenvalue weighted by molar-refractivity contribution is 7.91. The monoisotopic (exact) mass is 313 g/mol. The molecular formula is C12H15N3O5S. The highest BCUT2D eigenvalue weighted by atomic mass is 32.2. The Morgan fingerprint density at radius 3 is 2.38 bits per heavy atom. The maximum atomic E-state index is 11.8. The Hall–Kier alpha value is -2.13. The molecule has 1 aromatic heterocycles. The van der Waals surface area contributed by atoms with Gasteiger partial charge in [0, 0.05) is 0 Å². The first-order chi connectivity index (χ1) is 9.62. The number of carboxylic acid groups (broad SMARTS) is 2. The van der Waals surface area contributed by atoms with Crippen molar-refractivity contribution in [3.05, 3.63) is 23.9 Å². The standard InChI is InChI=1S/C12H15N3O5S/c1-12(2,3)21(20)13-7-8-5-4-6-9(14-8)15(10(16)17)11(18)19/h4-7H,1-3H3,(H,16,17)(H,18,19)/t21-/m1/s1. The summed E-state index contributed by atoms with van der Waals surface area (Å²) in [6.07, 6.45) is -2.11. The van der Waals surface area contributed by atoms with Gasteiger partial charge in [-0.05, 0) is 32.9 Å². The zero-order valence-corrected chi connectivity index (χ0v) is 12.5. The lowest BCUT2D eigenvalue weighted by atomic mass is 10.3. The van der Waals surface area contributed by atoms with Crippen LogP contribution in [0.25, 0.3) is 0 Å². The van der Waals surface area contributed by atoms with Crippen molar-refractivity contribution in [3.8, 4) is 0 Å². The normalized spacial score (nSPS) is 13.1. The molecule has 0 bridgehead atoms. The molecule has 1 atom stereocenters. The third-order valence-corrected chi connectivity index (χ3v) is 3.52. The average molecular weight is 313 g/mol. The molecule has 1 heterocycles. The van der Waals surface area contributed by atoms with Gasteiger partial charge in [0.1, 0.15) is 28.1 Å². The second-order valence-electron chi connectivity index (χ2n) is 4.92. The number of amides is 2. The van der Waals surface area contributed by atoms with Crippen molar-refractivity contribution in [3.63, 3.8) is 0 Å². The third-order valence-electron chi connectivity index (χ3n) is 2.17. The zero-order valence-electron chi connectivity index (χ0n) is 11.7. The zero-order chi connectivity index (χ0) is 16.2. The van der Waals surface area contributed by atoms with Gasteiger partial charge < -0.3 is 14.8 Å². The van der Waals surface area contributed by atoms with Crippen LogP contribution in [0, 0.1) is 0 Å². The van der Waals surface area contributed by atoms with E-state index < -0.39 is 28.3 Å². The largest absolute Gasteiger partial charge is 0.591 e. The quantitative estimate of drug-likeness (QED) is 0.650. The minimum Gasteiger partial charge on any atom is -0.591 e. The van der Waals surface area contributed by atoms with E-state index in [0.29, 0.717) is 0 Å². The Bertz CT molecular complexity index is 556. The van der Waals surface area contributed by atoms with Crippen LogP contribution in [0.2, 0.25) is 0 Å². The summed E-state index contributed by atoms with van der Waals surface area (Å²) in [4.78, 5) is 25.7. The number of rotatable bonds is 3. The van der Waals surface area contributed by atoms with Gasteiger partial charge in [-0.3, -0.25) is 0 Å². The van der Waals surface area contributed by atoms with Gasteiger partial charge in [0.15, 0.2) is 0 Å². The molecule has 0 spiro atoms. The Balaban J connectivity index is 3.03. The van der Waals surface area contributed by atoms with Gasteiger partial charge in [-0.1, -0.05) is 10.5 Å². The summed E-state index contributed by atoms with van der Waals surface area (Å²) < 4.78 is 15.0. The molecule has 0 fully saturated rings. The topological polar surface area (TPSA) is 126 Å². The molecule has 1 aromatic rings. The highest BCUT2D eigenvalue weighted by Crippen LogP contribution is 2.17. The first kappa shape index (κ1) is 16.9. The molecule has 21 heavy (non-hydrogen) atoms. The smallest absolute Gasteiger partial charge is 0.422 e. The van der Waals surface area contributed by atoms with E-state index in [1.54, 1.807) is 20.8 Å². The molecule has 0 aliphatic heterocycles. The Morgan fingerprint density at radius 2 is 1.90 bits per heavy atom. The molecule has 0 aromatic carbocycles. The van der Waals surface area contributed by atoms with Crippen LogP contribution < -0.4 is 4.90 Å². The van der Waals surface area contributed by atoms with Crippen LogP contribution in [0.15, 0.2) is 22.6 Å². The Morgan fingerprint density at radius 1 is 1.33 bits per heavy atom. The fraction of sp³-hybridized carbons (Fsp3) is 0.333. The second kappa shape index (κ2) is 6.55. The molecule has 1 rings (SSSR count). The molecule has 2 N–H and O–H groups in total. The van der Waals surface area contributed by atoms with E-state index in [1.165, 1.54) is 24.4 Å². The Kier molecular flexibility index (Phi) is 5.28. The van der Waals surface area contributed by atoms with Gasteiger partial charge in [0.05, 0.1) is 5.69 Å². The van der Waals surface area contributed by atoms with E-state index in [1.807, 2.05) is 0 Å². The number of carbonyl (C=O) groups is 2. The lowest BCUT2D eigenvalue weighted by Gasteiger charge is -2.17. The van der Waals surface area contributed by atoms with Crippen molar-refractivity contribution in [1.82, 2.24) is 4.98 Å². The first-order valence-corrected chi connectivity index (χ1v) is 6.92. The lowest BCUT2D eigenvalue weighted by Crippen LogP contribution is -2.35. The van der Waals surface area contributed by atoms with Gasteiger partial charge in [0.2, 0.25) is 0 Å². The molecule has 0 radical (unpaired) electrons. The van der Waals surface area contributed by atoms with Crippen LogP contribution in [0.1, 0.15) is 26.5 Å². The summed E-state index contributed by atoms with van der Waals surface area (Å²) in [6, 6.07) is 4.16. The van der Waals surface area contributed by atoms with E-state index in [2.05, 4.69) is 9.38 Å². The maximum absolute atomic E-state index is 11.8. The summed E-state index contributed by atoms with van der Waals surface area (Å²) >= 11 is -1.49. The minimum atomic E-state index is -1.66. The van der Waals surface area contributed by atoms with E-state index in [4.69, 9.17) is 10.2 Å². The van der Waals surface area contributed by atoms with E-state index in [9.17, 15) is 14.1 Å². The van der Waals surface area contributed by atoms with Crippen molar-refractivity contribution in [2.24, 2.45) is 4.40 Å². The molecule has 0 unspecified atom stereocenters. The number of aromatic nitrogens is 1. The molecule has 0 aliphatic carbocycles. The van der Waals surface area contributed by atoms with Crippen LogP contribution in [0.5, 0.6) is 0 Å². The summed E-state index contributed by atoms with van der Waals surface area (Å²) in [5, 5.41) is 17.7. The van der Waals surface area contributed by atoms with Crippen molar-refractivity contribution in [2.45, 2.75) is 25.5 Å². The molecule has 0 saturated carbocycles. The fourth-order valence-corrected chi connectivity index (χ4v) is 1.69. The minimum absolute atomic E-state index is 0.0814. The van der Waals surface area contributed by atoms with E-state index >= 15 is 0 Å². The van der Waals surface area contributed by atoms with Gasteiger partial charge >= 0.3 is 12.2 Å². The lowest BCUT2D eigenvalue weighted by molar-refractivity contribution is 0.184. The number of hydrogen-bond acceptors (Lipinski definition) is 5. The number of anilines is 1. The predicted octanol–water partition coefficient (Wildman–Crippen LogP) is 2.13. The predicted molar refractivity (Wildman–Crippen MR) is 78.3 cm³/mol. The van der Waals surface area contributed by atoms with Crippen molar-refractivity contribution in [1.29, 1.82) is 0 Å². The number of imide groups is 1. The summed E-state index contributed by atoms with van der Waals surface area (Å²) in [5.41, 5.74) is 0.206. The summed E-state index contributed by atoms with van der Waals surface area (Å²) in [7, 11) is 0. The van der Waals surface area contributed by atoms with Gasteiger partial charge in [-0.25, -0.2) is 14.6 Å². The van der Waals surface area contributed by atoms with Crippen molar-refractivity contribution < 1.29 is 24.4 Å². The van der Waals surface area contributed by atoms with Crippen molar-refractivity contribution >= 4 is 35.6 Å². The van der Waals surface area contributed by atoms with Crippen LogP contribution in [0.4, 0.5) is 15.4 Å². The van der Waals surface area contributed by atoms with E-state index in [0.717, 1.165) is 0 Å². The average Bonchev–Trinajstić information content (AvgIpc) is 2.34. The SMILES string of the molecule is CC(C)(C)[S@@+]([O-])N=Cc1cccc(N(C(=O)O)C(=O)O)n1. The third kappa shape index (κ3) is 4.72. The summed E-state index contributed by atoms with van der Waals surface area (Å²) in [6.45, 7) is 5.25. The fourth-order valence-electron chi connectivity index (χ4n) is 1.17. The first-order valence-electron chi connectivity index (χ1n) is 5.82. The molecule has 9 heteroatoms. The van der Waals surface area contributed by atoms with Gasteiger partial charge in [-0.2, -0.15) is 4.90 Å². The second-order valence-corrected chi connectivity index (χ2v) is 6.85. The van der Waals surface area contributed by atoms with Crippen LogP contribution in [-0.4, -0.2) is 42.9 Å². The van der Waals surface area contributed by atoms with Gasteiger partial charge in [-0.15, -0.1) is 0 Å².